The fourth-order valence-corrected chi connectivity index (χ4v) is 9.48. The lowest BCUT2D eigenvalue weighted by Crippen LogP contribution is -2.48. The Bertz CT molecular complexity index is 1910. The van der Waals surface area contributed by atoms with Crippen molar-refractivity contribution in [3.8, 4) is 10.7 Å². The maximum atomic E-state index is 13.3. The summed E-state index contributed by atoms with van der Waals surface area (Å²) in [7, 11) is -6.85. The number of alkyl halides is 3. The van der Waals surface area contributed by atoms with E-state index in [2.05, 4.69) is 19.6 Å². The largest absolute Gasteiger partial charge is 0.490 e. The fraction of sp³-hybridized carbons (Fsp3) is 0.429. The summed E-state index contributed by atoms with van der Waals surface area (Å²) in [6.45, 7) is 4.79. The minimum Gasteiger partial charge on any atom is -0.475 e. The average molecular weight is 720 g/mol. The molecule has 0 radical (unpaired) electrons. The molecule has 0 atom stereocenters. The molecule has 11 nitrogen and oxygen atoms in total. The number of rotatable bonds is 10. The van der Waals surface area contributed by atoms with E-state index in [1.807, 2.05) is 35.8 Å². The maximum Gasteiger partial charge on any atom is 0.490 e. The van der Waals surface area contributed by atoms with Crippen LogP contribution in [0.15, 0.2) is 46.1 Å². The monoisotopic (exact) mass is 719 g/mol. The summed E-state index contributed by atoms with van der Waals surface area (Å²) in [5.41, 5.74) is 2.97. The smallest absolute Gasteiger partial charge is 0.475 e. The number of sulfonamides is 2. The maximum absolute atomic E-state index is 13.3. The molecular weight excluding hydrogens is 688 g/mol. The zero-order valence-electron chi connectivity index (χ0n) is 24.6. The number of aromatic amines is 1. The number of benzene rings is 1. The van der Waals surface area contributed by atoms with Crippen molar-refractivity contribution < 1.29 is 39.9 Å². The van der Waals surface area contributed by atoms with Gasteiger partial charge < -0.3 is 10.1 Å². The summed E-state index contributed by atoms with van der Waals surface area (Å²) in [5.74, 6) is -2.02. The second kappa shape index (κ2) is 13.6. The number of carbonyl (C=O) groups is 1. The molecule has 46 heavy (non-hydrogen) atoms. The zero-order valence-corrected chi connectivity index (χ0v) is 27.8. The van der Waals surface area contributed by atoms with Gasteiger partial charge in [0.1, 0.15) is 9.22 Å². The molecule has 1 aliphatic carbocycles. The molecule has 0 spiro atoms. The van der Waals surface area contributed by atoms with Gasteiger partial charge in [0.05, 0.1) is 22.7 Å². The molecule has 3 aromatic heterocycles. The van der Waals surface area contributed by atoms with Gasteiger partial charge in [0.15, 0.2) is 0 Å². The first-order valence-corrected chi connectivity index (χ1v) is 19.1. The predicted octanol–water partition coefficient (Wildman–Crippen LogP) is 5.21. The first-order chi connectivity index (χ1) is 21.7. The number of carboxylic acid groups (broad SMARTS) is 1. The van der Waals surface area contributed by atoms with E-state index in [0.29, 0.717) is 48.5 Å². The van der Waals surface area contributed by atoms with Crippen molar-refractivity contribution in [1.29, 1.82) is 0 Å². The Morgan fingerprint density at radius 2 is 1.83 bits per heavy atom. The van der Waals surface area contributed by atoms with Gasteiger partial charge in [0, 0.05) is 49.2 Å². The molecule has 250 valence electrons. The highest BCUT2D eigenvalue weighted by Crippen LogP contribution is 2.37. The molecule has 4 aromatic rings. The van der Waals surface area contributed by atoms with Crippen LogP contribution in [0.2, 0.25) is 0 Å². The van der Waals surface area contributed by atoms with Gasteiger partial charge in [-0.2, -0.15) is 17.5 Å². The number of halogens is 3. The van der Waals surface area contributed by atoms with Crippen molar-refractivity contribution in [2.45, 2.75) is 43.1 Å². The highest BCUT2D eigenvalue weighted by molar-refractivity contribution is 7.94. The standard InChI is InChI=1S/C26H31N5O4S4.C2HF3O2/c1-2-38(32,33)31-11-9-30(10-12-31)17-21-16-27-25(37-21)23-15-19-4-3-5-22(24(19)28-23)29-39(34,35)26-20(8-13-36-26)14-18-6-7-18;3-2(4,5)1(6)7/h3-5,8,13,15-16,18,28-29H,2,6-7,9-12,14,17H2,1H3;(H,6,7). The third kappa shape index (κ3) is 8.27. The second-order valence-electron chi connectivity index (χ2n) is 10.9. The van der Waals surface area contributed by atoms with Crippen LogP contribution in [0.3, 0.4) is 0 Å². The molecule has 1 saturated heterocycles. The van der Waals surface area contributed by atoms with Crippen molar-refractivity contribution >= 4 is 65.3 Å². The minimum absolute atomic E-state index is 0.133. The summed E-state index contributed by atoms with van der Waals surface area (Å²) < 4.78 is 87.4. The van der Waals surface area contributed by atoms with E-state index in [1.54, 1.807) is 28.6 Å². The molecule has 1 saturated carbocycles. The number of hydrogen-bond acceptors (Lipinski definition) is 9. The van der Waals surface area contributed by atoms with Gasteiger partial charge in [-0.25, -0.2) is 26.6 Å². The number of nitrogens with zero attached hydrogens (tertiary/aromatic N) is 3. The third-order valence-electron chi connectivity index (χ3n) is 7.55. The lowest BCUT2D eigenvalue weighted by Gasteiger charge is -2.33. The zero-order chi connectivity index (χ0) is 33.3. The Hall–Kier alpha value is -3.03. The molecule has 0 amide bonds. The Kier molecular flexibility index (Phi) is 10.1. The lowest BCUT2D eigenvalue weighted by molar-refractivity contribution is -0.192. The average Bonchev–Trinajstić information content (AvgIpc) is 3.35. The number of fused-ring (bicyclic) bond motifs is 1. The molecule has 1 aromatic carbocycles. The normalized spacial score (nSPS) is 16.7. The number of hydrogen-bond donors (Lipinski definition) is 3. The van der Waals surface area contributed by atoms with Crippen LogP contribution in [0, 0.1) is 5.92 Å². The number of H-pyrrole nitrogens is 1. The fourth-order valence-electron chi connectivity index (χ4n) is 4.96. The van der Waals surface area contributed by atoms with Crippen molar-refractivity contribution in [1.82, 2.24) is 19.2 Å². The Morgan fingerprint density at radius 3 is 2.46 bits per heavy atom. The van der Waals surface area contributed by atoms with Crippen molar-refractivity contribution in [3.63, 3.8) is 0 Å². The van der Waals surface area contributed by atoms with Gasteiger partial charge in [-0.1, -0.05) is 12.1 Å². The van der Waals surface area contributed by atoms with E-state index >= 15 is 0 Å². The van der Waals surface area contributed by atoms with Crippen LogP contribution in [0.5, 0.6) is 0 Å². The molecule has 1 aliphatic heterocycles. The third-order valence-corrected chi connectivity index (χ3v) is 13.4. The summed E-state index contributed by atoms with van der Waals surface area (Å²) >= 11 is 2.85. The van der Waals surface area contributed by atoms with Gasteiger partial charge in [-0.15, -0.1) is 22.7 Å². The first kappa shape index (κ1) is 34.3. The van der Waals surface area contributed by atoms with Crippen LogP contribution < -0.4 is 4.72 Å². The summed E-state index contributed by atoms with van der Waals surface area (Å²) in [5, 5.41) is 10.7. The molecule has 18 heteroatoms. The van der Waals surface area contributed by atoms with Crippen LogP contribution in [-0.4, -0.2) is 85.2 Å². The lowest BCUT2D eigenvalue weighted by atomic mass is 10.2. The van der Waals surface area contributed by atoms with Crippen LogP contribution in [0.4, 0.5) is 18.9 Å². The van der Waals surface area contributed by atoms with Gasteiger partial charge in [-0.05, 0) is 61.2 Å². The van der Waals surface area contributed by atoms with Crippen molar-refractivity contribution in [2.24, 2.45) is 5.92 Å². The Labute approximate surface area is 272 Å². The number of nitrogens with one attached hydrogen (secondary N) is 2. The molecule has 2 fully saturated rings. The van der Waals surface area contributed by atoms with E-state index < -0.39 is 32.2 Å². The van der Waals surface area contributed by atoms with Crippen molar-refractivity contribution in [2.75, 3.05) is 36.7 Å². The van der Waals surface area contributed by atoms with E-state index in [0.717, 1.165) is 38.5 Å². The number of anilines is 1. The van der Waals surface area contributed by atoms with Gasteiger partial charge in [-0.3, -0.25) is 9.62 Å². The summed E-state index contributed by atoms with van der Waals surface area (Å²) in [6, 6.07) is 9.50. The second-order valence-corrected chi connectivity index (χ2v) is 17.1. The number of para-hydroxylation sites is 1. The SMILES string of the molecule is CCS(=O)(=O)N1CCN(Cc2cnc(-c3cc4cccc(NS(=O)(=O)c5sccc5CC5CC5)c4[nH]3)s2)CC1.O=C(O)C(F)(F)F. The van der Waals surface area contributed by atoms with Gasteiger partial charge in [0.25, 0.3) is 10.0 Å². The summed E-state index contributed by atoms with van der Waals surface area (Å²) in [4.78, 5) is 20.2. The number of aliphatic carboxylic acids is 1. The molecule has 0 unspecified atom stereocenters. The molecule has 0 bridgehead atoms. The van der Waals surface area contributed by atoms with E-state index in [4.69, 9.17) is 9.90 Å². The number of aromatic nitrogens is 2. The summed E-state index contributed by atoms with van der Waals surface area (Å²) in [6.07, 6.45) is -0.0591. The topological polar surface area (TPSA) is 153 Å². The Morgan fingerprint density at radius 1 is 1.13 bits per heavy atom. The molecule has 4 heterocycles. The van der Waals surface area contributed by atoms with E-state index in [-0.39, 0.29) is 5.75 Å². The molecular formula is C28H32F3N5O6S4. The number of thiazole rings is 1. The van der Waals surface area contributed by atoms with E-state index in [9.17, 15) is 30.0 Å². The predicted molar refractivity (Wildman–Crippen MR) is 171 cm³/mol. The molecule has 3 N–H and O–H groups in total. The molecule has 6 rings (SSSR count). The number of carboxylic acids is 1. The number of thiophene rings is 1. The van der Waals surface area contributed by atoms with Crippen molar-refractivity contribution in [3.05, 3.63) is 52.3 Å². The van der Waals surface area contributed by atoms with Gasteiger partial charge in [0.2, 0.25) is 10.0 Å². The number of piperazine rings is 1. The van der Waals surface area contributed by atoms with Crippen LogP contribution in [0.1, 0.15) is 30.2 Å². The van der Waals surface area contributed by atoms with Gasteiger partial charge >= 0.3 is 12.1 Å². The van der Waals surface area contributed by atoms with Crippen LogP contribution >= 0.6 is 22.7 Å². The molecule has 2 aliphatic rings. The minimum atomic E-state index is -5.08. The van der Waals surface area contributed by atoms with Crippen LogP contribution in [0.25, 0.3) is 21.6 Å². The highest BCUT2D eigenvalue weighted by Gasteiger charge is 2.38. The van der Waals surface area contributed by atoms with Crippen LogP contribution in [-0.2, 0) is 37.8 Å². The highest BCUT2D eigenvalue weighted by atomic mass is 32.2. The first-order valence-electron chi connectivity index (χ1n) is 14.3. The quantitative estimate of drug-likeness (QED) is 0.202. The van der Waals surface area contributed by atoms with E-state index in [1.165, 1.54) is 24.2 Å². The Balaban J connectivity index is 0.000000537.